The van der Waals surface area contributed by atoms with Crippen molar-refractivity contribution in [2.45, 2.75) is 25.2 Å². The first-order valence-electron chi connectivity index (χ1n) is 8.57. The zero-order valence-electron chi connectivity index (χ0n) is 15.3. The summed E-state index contributed by atoms with van der Waals surface area (Å²) in [4.78, 5) is 11.6. The van der Waals surface area contributed by atoms with Crippen molar-refractivity contribution in [1.29, 1.82) is 0 Å². The molecule has 1 N–H and O–H groups in total. The van der Waals surface area contributed by atoms with E-state index in [2.05, 4.69) is 26.1 Å². The molecule has 0 radical (unpaired) electrons. The van der Waals surface area contributed by atoms with E-state index in [0.717, 1.165) is 11.8 Å². The molecule has 0 aliphatic heterocycles. The second kappa shape index (κ2) is 9.71. The number of carboxylic acids is 1. The monoisotopic (exact) mass is 478 g/mol. The van der Waals surface area contributed by atoms with Crippen molar-refractivity contribution in [3.05, 3.63) is 74.7 Å². The van der Waals surface area contributed by atoms with Crippen molar-refractivity contribution in [3.63, 3.8) is 0 Å². The number of aliphatic carboxylic acids is 1. The molecule has 0 atom stereocenters. The van der Waals surface area contributed by atoms with Crippen LogP contribution in [-0.4, -0.2) is 21.3 Å². The third kappa shape index (κ3) is 5.68. The Morgan fingerprint density at radius 1 is 1.31 bits per heavy atom. The number of carbonyl (C=O) groups is 1. The number of rotatable bonds is 8. The van der Waals surface area contributed by atoms with E-state index in [-0.39, 0.29) is 22.6 Å². The first kappa shape index (κ1) is 21.1. The van der Waals surface area contributed by atoms with Crippen LogP contribution < -0.4 is 4.74 Å². The van der Waals surface area contributed by atoms with Crippen LogP contribution in [0, 0.1) is 5.82 Å². The molecule has 0 amide bonds. The number of hydrogen-bond donors (Lipinski definition) is 1. The summed E-state index contributed by atoms with van der Waals surface area (Å²) < 4.78 is 25.3. The molecule has 0 spiro atoms. The fraction of sp³-hybridized carbons (Fsp3) is 0.150. The molecular formula is C20H16BrFN2O4S. The van der Waals surface area contributed by atoms with Crippen molar-refractivity contribution in [2.75, 3.05) is 0 Å². The van der Waals surface area contributed by atoms with E-state index in [9.17, 15) is 14.3 Å². The van der Waals surface area contributed by atoms with E-state index in [0.29, 0.717) is 33.7 Å². The summed E-state index contributed by atoms with van der Waals surface area (Å²) in [5, 5.41) is 17.3. The second-order valence-electron chi connectivity index (χ2n) is 5.80. The quantitative estimate of drug-likeness (QED) is 0.345. The average Bonchev–Trinajstić information content (AvgIpc) is 3.15. The molecule has 0 aliphatic carbocycles. The van der Waals surface area contributed by atoms with Crippen molar-refractivity contribution < 1.29 is 23.4 Å². The summed E-state index contributed by atoms with van der Waals surface area (Å²) in [5.74, 6) is -0.489. The Kier molecular flexibility index (Phi) is 7.05. The van der Waals surface area contributed by atoms with Crippen molar-refractivity contribution in [1.82, 2.24) is 10.2 Å². The maximum Gasteiger partial charge on any atom is 0.342 e. The lowest BCUT2D eigenvalue weighted by Gasteiger charge is -2.10. The normalized spacial score (nSPS) is 11.5. The lowest BCUT2D eigenvalue weighted by molar-refractivity contribution is -0.131. The minimum atomic E-state index is -1.11. The number of nitrogens with zero attached hydrogens (tertiary/aromatic N) is 2. The number of carboxylic acid groups (broad SMARTS) is 1. The van der Waals surface area contributed by atoms with Crippen LogP contribution in [0.1, 0.15) is 23.9 Å². The Balaban J connectivity index is 1.74. The van der Waals surface area contributed by atoms with Crippen LogP contribution in [-0.2, 0) is 17.8 Å². The minimum Gasteiger partial charge on any atom is -0.488 e. The van der Waals surface area contributed by atoms with E-state index < -0.39 is 5.97 Å². The second-order valence-corrected chi connectivity index (χ2v) is 7.65. The number of halogens is 2. The molecule has 2 aromatic carbocycles. The number of aromatic nitrogens is 2. The van der Waals surface area contributed by atoms with Gasteiger partial charge in [0, 0.05) is 12.0 Å². The van der Waals surface area contributed by atoms with Crippen molar-refractivity contribution in [3.8, 4) is 5.75 Å². The first-order valence-corrected chi connectivity index (χ1v) is 10.2. The molecule has 1 heterocycles. The molecule has 0 saturated carbocycles. The topological polar surface area (TPSA) is 85.5 Å². The highest BCUT2D eigenvalue weighted by Gasteiger charge is 2.15. The first-order chi connectivity index (χ1) is 14.0. The fourth-order valence-corrected chi connectivity index (χ4v) is 3.50. The molecule has 1 aromatic heterocycles. The van der Waals surface area contributed by atoms with Gasteiger partial charge in [-0.3, -0.25) is 0 Å². The van der Waals surface area contributed by atoms with Gasteiger partial charge in [0.1, 0.15) is 23.1 Å². The van der Waals surface area contributed by atoms with E-state index in [1.54, 1.807) is 36.4 Å². The van der Waals surface area contributed by atoms with Crippen LogP contribution in [0.25, 0.3) is 6.08 Å². The molecule has 3 rings (SSSR count). The molecule has 6 nitrogen and oxygen atoms in total. The zero-order chi connectivity index (χ0) is 20.8. The molecule has 29 heavy (non-hydrogen) atoms. The number of thioether (sulfide) groups is 1. The van der Waals surface area contributed by atoms with Gasteiger partial charge in [-0.25, -0.2) is 9.18 Å². The van der Waals surface area contributed by atoms with Gasteiger partial charge in [0.05, 0.1) is 4.47 Å². The Morgan fingerprint density at radius 3 is 2.76 bits per heavy atom. The van der Waals surface area contributed by atoms with Gasteiger partial charge in [0.2, 0.25) is 5.89 Å². The van der Waals surface area contributed by atoms with E-state index in [1.807, 2.05) is 6.92 Å². The van der Waals surface area contributed by atoms with Crippen LogP contribution in [0.3, 0.4) is 0 Å². The zero-order valence-corrected chi connectivity index (χ0v) is 17.7. The van der Waals surface area contributed by atoms with Crippen LogP contribution in [0.5, 0.6) is 5.75 Å². The number of benzene rings is 2. The molecule has 0 aliphatic rings. The Hall–Kier alpha value is -2.65. The molecule has 0 unspecified atom stereocenters. The van der Waals surface area contributed by atoms with Gasteiger partial charge in [-0.05, 0) is 57.5 Å². The summed E-state index contributed by atoms with van der Waals surface area (Å²) in [6, 6.07) is 11.5. The summed E-state index contributed by atoms with van der Waals surface area (Å²) in [7, 11) is 0. The van der Waals surface area contributed by atoms with Crippen LogP contribution in [0.2, 0.25) is 0 Å². The average molecular weight is 479 g/mol. The van der Waals surface area contributed by atoms with Gasteiger partial charge in [-0.2, -0.15) is 0 Å². The van der Waals surface area contributed by atoms with Crippen molar-refractivity contribution in [2.24, 2.45) is 0 Å². The molecule has 0 bridgehead atoms. The number of hydrogen-bond acceptors (Lipinski definition) is 6. The van der Waals surface area contributed by atoms with E-state index >= 15 is 0 Å². The lowest BCUT2D eigenvalue weighted by atomic mass is 10.2. The summed E-state index contributed by atoms with van der Waals surface area (Å²) >= 11 is 4.28. The lowest BCUT2D eigenvalue weighted by Crippen LogP contribution is -1.99. The number of aryl methyl sites for hydroxylation is 1. The predicted molar refractivity (Wildman–Crippen MR) is 110 cm³/mol. The third-order valence-electron chi connectivity index (χ3n) is 3.75. The summed E-state index contributed by atoms with van der Waals surface area (Å²) in [5.41, 5.74) is 1.08. The minimum absolute atomic E-state index is 0.0308. The smallest absolute Gasteiger partial charge is 0.342 e. The summed E-state index contributed by atoms with van der Waals surface area (Å²) in [6.45, 7) is 1.94. The van der Waals surface area contributed by atoms with Gasteiger partial charge in [-0.1, -0.05) is 31.2 Å². The van der Waals surface area contributed by atoms with E-state index in [1.165, 1.54) is 12.1 Å². The largest absolute Gasteiger partial charge is 0.488 e. The SMILES string of the molecule is CCc1nnc(S/C(=C\c2ccc(OCc3ccccc3F)c(Br)c2)C(=O)O)o1. The van der Waals surface area contributed by atoms with Crippen LogP contribution in [0.15, 0.2) is 61.5 Å². The Morgan fingerprint density at radius 2 is 2.10 bits per heavy atom. The standard InChI is InChI=1S/C20H16BrFN2O4S/c1-2-18-23-24-20(28-18)29-17(19(25)26)10-12-7-8-16(14(21)9-12)27-11-13-5-3-4-6-15(13)22/h3-10H,2,11H2,1H3,(H,25,26)/b17-10-. The van der Waals surface area contributed by atoms with Gasteiger partial charge >= 0.3 is 5.97 Å². The number of ether oxygens (including phenoxy) is 1. The molecule has 3 aromatic rings. The van der Waals surface area contributed by atoms with Crippen LogP contribution >= 0.6 is 27.7 Å². The molecule has 150 valence electrons. The highest BCUT2D eigenvalue weighted by atomic mass is 79.9. The summed E-state index contributed by atoms with van der Waals surface area (Å²) in [6.07, 6.45) is 2.06. The van der Waals surface area contributed by atoms with Crippen molar-refractivity contribution >= 4 is 39.7 Å². The maximum atomic E-state index is 13.7. The molecule has 0 saturated heterocycles. The van der Waals surface area contributed by atoms with Gasteiger partial charge in [0.15, 0.2) is 0 Å². The van der Waals surface area contributed by atoms with Crippen LogP contribution in [0.4, 0.5) is 4.39 Å². The highest BCUT2D eigenvalue weighted by molar-refractivity contribution is 9.10. The molecule has 9 heteroatoms. The highest BCUT2D eigenvalue weighted by Crippen LogP contribution is 2.31. The molecule has 0 fully saturated rings. The van der Waals surface area contributed by atoms with Gasteiger partial charge < -0.3 is 14.3 Å². The Labute approximate surface area is 178 Å². The Bertz CT molecular complexity index is 1050. The van der Waals surface area contributed by atoms with Gasteiger partial charge in [0.25, 0.3) is 5.22 Å². The molecular weight excluding hydrogens is 463 g/mol. The maximum absolute atomic E-state index is 13.7. The predicted octanol–water partition coefficient (Wildman–Crippen LogP) is 5.33. The van der Waals surface area contributed by atoms with E-state index in [4.69, 9.17) is 9.15 Å². The van der Waals surface area contributed by atoms with Gasteiger partial charge in [-0.15, -0.1) is 10.2 Å². The fourth-order valence-electron chi connectivity index (χ4n) is 2.30. The third-order valence-corrected chi connectivity index (χ3v) is 5.23.